The van der Waals surface area contributed by atoms with Gasteiger partial charge in [-0.2, -0.15) is 0 Å². The molecule has 3 rings (SSSR count). The molecule has 0 amide bonds. The second kappa shape index (κ2) is 7.39. The number of hydrogen-bond acceptors (Lipinski definition) is 3. The molecular weight excluding hydrogens is 260 g/mol. The van der Waals surface area contributed by atoms with Gasteiger partial charge in [-0.1, -0.05) is 24.3 Å². The highest BCUT2D eigenvalue weighted by molar-refractivity contribution is 5.32. The van der Waals surface area contributed by atoms with Crippen molar-refractivity contribution in [1.29, 1.82) is 0 Å². The molecule has 1 aromatic carbocycles. The van der Waals surface area contributed by atoms with Crippen LogP contribution in [-0.2, 0) is 6.42 Å². The molecule has 1 aliphatic heterocycles. The van der Waals surface area contributed by atoms with Crippen molar-refractivity contribution in [3.63, 3.8) is 0 Å². The molecule has 1 unspecified atom stereocenters. The zero-order valence-corrected chi connectivity index (χ0v) is 12.9. The number of nitrogens with zero attached hydrogens (tertiary/aromatic N) is 1. The van der Waals surface area contributed by atoms with E-state index in [1.165, 1.54) is 36.8 Å². The fraction of sp³-hybridized carbons (Fsp3) is 0.667. The summed E-state index contributed by atoms with van der Waals surface area (Å²) in [6, 6.07) is 9.45. The van der Waals surface area contributed by atoms with E-state index in [-0.39, 0.29) is 6.10 Å². The third kappa shape index (κ3) is 4.06. The molecule has 21 heavy (non-hydrogen) atoms. The van der Waals surface area contributed by atoms with E-state index in [1.54, 1.807) is 0 Å². The minimum Gasteiger partial charge on any atom is -0.393 e. The third-order valence-electron chi connectivity index (χ3n) is 4.97. The van der Waals surface area contributed by atoms with Crippen molar-refractivity contribution in [2.75, 3.05) is 26.2 Å². The lowest BCUT2D eigenvalue weighted by atomic mass is 9.88. The Hall–Kier alpha value is -0.900. The smallest absolute Gasteiger partial charge is 0.0564 e. The van der Waals surface area contributed by atoms with Crippen LogP contribution in [0, 0.1) is 0 Å². The molecule has 1 saturated heterocycles. The average molecular weight is 288 g/mol. The highest BCUT2D eigenvalue weighted by Gasteiger charge is 2.19. The maximum atomic E-state index is 9.52. The molecule has 0 spiro atoms. The zero-order valence-electron chi connectivity index (χ0n) is 12.9. The van der Waals surface area contributed by atoms with Crippen LogP contribution in [0.4, 0.5) is 0 Å². The van der Waals surface area contributed by atoms with E-state index in [0.717, 1.165) is 39.0 Å². The van der Waals surface area contributed by atoms with Crippen LogP contribution >= 0.6 is 0 Å². The standard InChI is InChI=1S/C18H28N2O/c21-16-9-13-20(14-10-16)12-4-11-19-18-8-3-6-15-5-1-2-7-17(15)18/h1-2,5,7,16,18-19,21H,3-4,6,8-14H2. The molecule has 0 aromatic heterocycles. The van der Waals surface area contributed by atoms with E-state index in [4.69, 9.17) is 0 Å². The van der Waals surface area contributed by atoms with Gasteiger partial charge in [-0.3, -0.25) is 0 Å². The van der Waals surface area contributed by atoms with Crippen molar-refractivity contribution < 1.29 is 5.11 Å². The van der Waals surface area contributed by atoms with Gasteiger partial charge in [0.05, 0.1) is 6.10 Å². The molecule has 1 aromatic rings. The first kappa shape index (κ1) is 15.0. The predicted molar refractivity (Wildman–Crippen MR) is 86.4 cm³/mol. The SMILES string of the molecule is OC1CCN(CCCNC2CCCc3ccccc32)CC1. The van der Waals surface area contributed by atoms with Gasteiger partial charge in [-0.25, -0.2) is 0 Å². The number of aryl methyl sites for hydroxylation is 1. The number of rotatable bonds is 5. The summed E-state index contributed by atoms with van der Waals surface area (Å²) >= 11 is 0. The molecule has 1 atom stereocenters. The second-order valence-electron chi connectivity index (χ2n) is 6.52. The number of aliphatic hydroxyl groups is 1. The van der Waals surface area contributed by atoms with E-state index in [1.807, 2.05) is 0 Å². The number of hydrogen-bond donors (Lipinski definition) is 2. The molecule has 1 heterocycles. The second-order valence-corrected chi connectivity index (χ2v) is 6.52. The van der Waals surface area contributed by atoms with Crippen LogP contribution in [0.2, 0.25) is 0 Å². The van der Waals surface area contributed by atoms with Crippen molar-refractivity contribution in [1.82, 2.24) is 10.2 Å². The molecule has 3 heteroatoms. The first-order chi connectivity index (χ1) is 10.3. The Balaban J connectivity index is 1.40. The molecule has 116 valence electrons. The van der Waals surface area contributed by atoms with Crippen LogP contribution in [-0.4, -0.2) is 42.3 Å². The van der Waals surface area contributed by atoms with Gasteiger partial charge in [-0.05, 0) is 62.7 Å². The van der Waals surface area contributed by atoms with Gasteiger partial charge in [0.2, 0.25) is 0 Å². The monoisotopic (exact) mass is 288 g/mol. The predicted octanol–water partition coefficient (Wildman–Crippen LogP) is 2.50. The molecule has 2 aliphatic rings. The summed E-state index contributed by atoms with van der Waals surface area (Å²) in [6.07, 6.45) is 6.86. The maximum absolute atomic E-state index is 9.52. The topological polar surface area (TPSA) is 35.5 Å². The molecule has 1 aliphatic carbocycles. The van der Waals surface area contributed by atoms with E-state index >= 15 is 0 Å². The van der Waals surface area contributed by atoms with Gasteiger partial charge in [0.15, 0.2) is 0 Å². The van der Waals surface area contributed by atoms with Crippen LogP contribution in [0.1, 0.15) is 49.3 Å². The molecule has 2 N–H and O–H groups in total. The van der Waals surface area contributed by atoms with Crippen molar-refractivity contribution in [2.45, 2.75) is 50.7 Å². The Morgan fingerprint density at radius 3 is 2.81 bits per heavy atom. The summed E-state index contributed by atoms with van der Waals surface area (Å²) < 4.78 is 0. The third-order valence-corrected chi connectivity index (χ3v) is 4.97. The lowest BCUT2D eigenvalue weighted by Gasteiger charge is -2.30. The minimum absolute atomic E-state index is 0.0573. The zero-order chi connectivity index (χ0) is 14.5. The van der Waals surface area contributed by atoms with Crippen LogP contribution in [0.15, 0.2) is 24.3 Å². The molecule has 1 fully saturated rings. The largest absolute Gasteiger partial charge is 0.393 e. The van der Waals surface area contributed by atoms with Crippen LogP contribution in [0.5, 0.6) is 0 Å². The molecule has 3 nitrogen and oxygen atoms in total. The Kier molecular flexibility index (Phi) is 5.28. The van der Waals surface area contributed by atoms with E-state index in [0.29, 0.717) is 6.04 Å². The number of fused-ring (bicyclic) bond motifs is 1. The Bertz CT molecular complexity index is 441. The van der Waals surface area contributed by atoms with E-state index in [9.17, 15) is 5.11 Å². The van der Waals surface area contributed by atoms with Gasteiger partial charge in [0.1, 0.15) is 0 Å². The number of nitrogens with one attached hydrogen (secondary N) is 1. The summed E-state index contributed by atoms with van der Waals surface area (Å²) in [5, 5.41) is 13.3. The minimum atomic E-state index is -0.0573. The van der Waals surface area contributed by atoms with E-state index < -0.39 is 0 Å². The Labute approximate surface area is 128 Å². The summed E-state index contributed by atoms with van der Waals surface area (Å²) in [7, 11) is 0. The Morgan fingerprint density at radius 2 is 1.95 bits per heavy atom. The van der Waals surface area contributed by atoms with Crippen LogP contribution in [0.25, 0.3) is 0 Å². The molecule has 0 saturated carbocycles. The first-order valence-corrected chi connectivity index (χ1v) is 8.54. The first-order valence-electron chi connectivity index (χ1n) is 8.54. The summed E-state index contributed by atoms with van der Waals surface area (Å²) in [6.45, 7) is 4.38. The van der Waals surface area contributed by atoms with E-state index in [2.05, 4.69) is 34.5 Å². The summed E-state index contributed by atoms with van der Waals surface area (Å²) in [5.41, 5.74) is 3.05. The van der Waals surface area contributed by atoms with Crippen LogP contribution < -0.4 is 5.32 Å². The summed E-state index contributed by atoms with van der Waals surface area (Å²) in [4.78, 5) is 2.49. The lowest BCUT2D eigenvalue weighted by Crippen LogP contribution is -2.37. The Morgan fingerprint density at radius 1 is 1.14 bits per heavy atom. The van der Waals surface area contributed by atoms with Crippen molar-refractivity contribution in [3.8, 4) is 0 Å². The van der Waals surface area contributed by atoms with Gasteiger partial charge in [0.25, 0.3) is 0 Å². The summed E-state index contributed by atoms with van der Waals surface area (Å²) in [5.74, 6) is 0. The van der Waals surface area contributed by atoms with Crippen molar-refractivity contribution >= 4 is 0 Å². The molecular formula is C18H28N2O. The fourth-order valence-electron chi connectivity index (χ4n) is 3.69. The number of benzene rings is 1. The van der Waals surface area contributed by atoms with Crippen molar-refractivity contribution in [2.24, 2.45) is 0 Å². The molecule has 0 bridgehead atoms. The number of likely N-dealkylation sites (tertiary alicyclic amines) is 1. The number of aliphatic hydroxyl groups excluding tert-OH is 1. The lowest BCUT2D eigenvalue weighted by molar-refractivity contribution is 0.0820. The quantitative estimate of drug-likeness (QED) is 0.817. The highest BCUT2D eigenvalue weighted by atomic mass is 16.3. The number of piperidine rings is 1. The van der Waals surface area contributed by atoms with Gasteiger partial charge in [0, 0.05) is 19.1 Å². The fourth-order valence-corrected chi connectivity index (χ4v) is 3.69. The highest BCUT2D eigenvalue weighted by Crippen LogP contribution is 2.29. The van der Waals surface area contributed by atoms with Gasteiger partial charge in [-0.15, -0.1) is 0 Å². The maximum Gasteiger partial charge on any atom is 0.0564 e. The molecule has 0 radical (unpaired) electrons. The normalized spacial score (nSPS) is 24.0. The van der Waals surface area contributed by atoms with Gasteiger partial charge < -0.3 is 15.3 Å². The average Bonchev–Trinajstić information content (AvgIpc) is 2.53. The van der Waals surface area contributed by atoms with Crippen molar-refractivity contribution in [3.05, 3.63) is 35.4 Å². The van der Waals surface area contributed by atoms with Crippen LogP contribution in [0.3, 0.4) is 0 Å². The van der Waals surface area contributed by atoms with Gasteiger partial charge >= 0.3 is 0 Å².